The number of hydrogen-bond donors (Lipinski definition) is 3. The van der Waals surface area contributed by atoms with E-state index in [1.807, 2.05) is 55.5 Å². The molecule has 0 saturated carbocycles. The van der Waals surface area contributed by atoms with Crippen molar-refractivity contribution in [2.24, 2.45) is 5.10 Å². The van der Waals surface area contributed by atoms with Gasteiger partial charge in [0.2, 0.25) is 17.0 Å². The lowest BCUT2D eigenvalue weighted by Gasteiger charge is -2.10. The van der Waals surface area contributed by atoms with Crippen LogP contribution >= 0.6 is 23.5 Å². The Bertz CT molecular complexity index is 1380. The van der Waals surface area contributed by atoms with Crippen molar-refractivity contribution in [3.05, 3.63) is 89.7 Å². The summed E-state index contributed by atoms with van der Waals surface area (Å²) < 4.78 is 18.4. The maximum absolute atomic E-state index is 13.1. The van der Waals surface area contributed by atoms with E-state index >= 15 is 0 Å². The van der Waals surface area contributed by atoms with Gasteiger partial charge in [-0.25, -0.2) is 14.9 Å². The van der Waals surface area contributed by atoms with E-state index in [0.29, 0.717) is 16.9 Å². The molecule has 1 heterocycles. The maximum atomic E-state index is 13.1. The Morgan fingerprint density at radius 1 is 1.08 bits per heavy atom. The molecule has 4 rings (SSSR count). The molecule has 0 atom stereocenters. The molecular formula is C26H25FN6O2S2. The lowest BCUT2D eigenvalue weighted by molar-refractivity contribution is -0.113. The topological polar surface area (TPSA) is 104 Å². The number of thioether (sulfide) groups is 2. The number of carbonyl (C=O) groups is 1. The number of hydrazone groups is 1. The molecule has 0 aliphatic carbocycles. The largest absolute Gasteiger partial charge is 0.497 e. The molecule has 11 heteroatoms. The van der Waals surface area contributed by atoms with Gasteiger partial charge in [0.1, 0.15) is 11.6 Å². The van der Waals surface area contributed by atoms with Crippen LogP contribution in [0.3, 0.4) is 0 Å². The van der Waals surface area contributed by atoms with Crippen LogP contribution in [0.25, 0.3) is 0 Å². The smallest absolute Gasteiger partial charge is 0.240 e. The molecular weight excluding hydrogens is 511 g/mol. The predicted molar refractivity (Wildman–Crippen MR) is 147 cm³/mol. The van der Waals surface area contributed by atoms with Crippen molar-refractivity contribution in [2.75, 3.05) is 23.6 Å². The van der Waals surface area contributed by atoms with Gasteiger partial charge in [0.25, 0.3) is 0 Å². The van der Waals surface area contributed by atoms with Crippen molar-refractivity contribution in [3.63, 3.8) is 0 Å². The van der Waals surface area contributed by atoms with Crippen molar-refractivity contribution in [1.29, 1.82) is 0 Å². The predicted octanol–water partition coefficient (Wildman–Crippen LogP) is 5.81. The van der Waals surface area contributed by atoms with Crippen LogP contribution in [0, 0.1) is 5.82 Å². The quantitative estimate of drug-likeness (QED) is 0.126. The number of aromatic amines is 1. The van der Waals surface area contributed by atoms with E-state index in [1.54, 1.807) is 31.0 Å². The van der Waals surface area contributed by atoms with Crippen molar-refractivity contribution < 1.29 is 13.9 Å². The molecule has 0 fully saturated rings. The van der Waals surface area contributed by atoms with Gasteiger partial charge < -0.3 is 10.1 Å². The first-order chi connectivity index (χ1) is 18.0. The van der Waals surface area contributed by atoms with Crippen LogP contribution in [0.5, 0.6) is 5.75 Å². The van der Waals surface area contributed by atoms with Crippen molar-refractivity contribution in [1.82, 2.24) is 15.2 Å². The van der Waals surface area contributed by atoms with E-state index in [2.05, 4.69) is 31.0 Å². The highest BCUT2D eigenvalue weighted by atomic mass is 32.2. The molecule has 0 unspecified atom stereocenters. The number of halogens is 1. The molecule has 1 aromatic heterocycles. The number of ether oxygens (including phenoxy) is 1. The third kappa shape index (κ3) is 7.83. The third-order valence-electron chi connectivity index (χ3n) is 5.08. The van der Waals surface area contributed by atoms with Gasteiger partial charge in [-0.2, -0.15) is 10.1 Å². The number of nitrogens with one attached hydrogen (secondary N) is 3. The van der Waals surface area contributed by atoms with E-state index in [-0.39, 0.29) is 17.5 Å². The van der Waals surface area contributed by atoms with Crippen LogP contribution in [0.2, 0.25) is 0 Å². The molecule has 8 nitrogen and oxygen atoms in total. The lowest BCUT2D eigenvalue weighted by atomic mass is 10.1. The van der Waals surface area contributed by atoms with Crippen LogP contribution in [0.15, 0.2) is 87.9 Å². The summed E-state index contributed by atoms with van der Waals surface area (Å²) in [5, 5.41) is 14.6. The summed E-state index contributed by atoms with van der Waals surface area (Å²) in [6, 6.07) is 21.6. The van der Waals surface area contributed by atoms with Gasteiger partial charge in [0.15, 0.2) is 0 Å². The summed E-state index contributed by atoms with van der Waals surface area (Å²) >= 11 is 2.78. The van der Waals surface area contributed by atoms with Gasteiger partial charge in [-0.15, -0.1) is 16.9 Å². The fraction of sp³-hybridized carbons (Fsp3) is 0.154. The minimum absolute atomic E-state index is 0.139. The van der Waals surface area contributed by atoms with Crippen LogP contribution in [-0.4, -0.2) is 39.7 Å². The Kier molecular flexibility index (Phi) is 9.17. The summed E-state index contributed by atoms with van der Waals surface area (Å²) in [5.41, 5.74) is 6.23. The van der Waals surface area contributed by atoms with Crippen molar-refractivity contribution >= 4 is 46.8 Å². The van der Waals surface area contributed by atoms with Gasteiger partial charge in [-0.1, -0.05) is 48.2 Å². The number of anilines is 2. The number of H-pyrrole nitrogens is 1. The zero-order valence-corrected chi connectivity index (χ0v) is 21.8. The average Bonchev–Trinajstić information content (AvgIpc) is 3.39. The fourth-order valence-electron chi connectivity index (χ4n) is 3.16. The molecule has 37 heavy (non-hydrogen) atoms. The number of hydrogen-bond acceptors (Lipinski definition) is 8. The molecule has 3 aromatic carbocycles. The number of benzene rings is 3. The standard InChI is InChI=1S/C26H25FN6O2S2/c1-17(19-6-5-7-21(14-19)35-2)30-31-25-29-26(33-32-25)37-16-24(34)28-22-8-3-4-9-23(22)36-15-18-10-12-20(27)13-11-18/h3-14H,15-16H2,1-2H3,(H,28,34)(H2,29,31,32,33)/b30-17-. The highest BCUT2D eigenvalue weighted by molar-refractivity contribution is 7.99. The number of aromatic nitrogens is 3. The molecule has 4 aromatic rings. The van der Waals surface area contributed by atoms with Crippen LogP contribution in [0.1, 0.15) is 18.1 Å². The van der Waals surface area contributed by atoms with E-state index < -0.39 is 0 Å². The van der Waals surface area contributed by atoms with E-state index in [4.69, 9.17) is 4.74 Å². The Morgan fingerprint density at radius 2 is 1.89 bits per heavy atom. The summed E-state index contributed by atoms with van der Waals surface area (Å²) in [6.07, 6.45) is 0. The average molecular weight is 537 g/mol. The highest BCUT2D eigenvalue weighted by Crippen LogP contribution is 2.30. The molecule has 190 valence electrons. The van der Waals surface area contributed by atoms with Crippen LogP contribution in [0.4, 0.5) is 16.0 Å². The monoisotopic (exact) mass is 536 g/mol. The second kappa shape index (κ2) is 12.9. The summed E-state index contributed by atoms with van der Waals surface area (Å²) in [7, 11) is 1.62. The maximum Gasteiger partial charge on any atom is 0.240 e. The first-order valence-electron chi connectivity index (χ1n) is 11.3. The number of rotatable bonds is 11. The Labute approximate surface area is 222 Å². The zero-order chi connectivity index (χ0) is 26.0. The third-order valence-corrected chi connectivity index (χ3v) is 7.07. The molecule has 0 saturated heterocycles. The Hall–Kier alpha value is -3.83. The van der Waals surface area contributed by atoms with E-state index in [0.717, 1.165) is 33.2 Å². The van der Waals surface area contributed by atoms with Gasteiger partial charge in [-0.05, 0) is 48.9 Å². The Morgan fingerprint density at radius 3 is 2.70 bits per heavy atom. The zero-order valence-electron chi connectivity index (χ0n) is 20.2. The number of amides is 1. The van der Waals surface area contributed by atoms with Crippen molar-refractivity contribution in [3.8, 4) is 5.75 Å². The molecule has 3 N–H and O–H groups in total. The Balaban J connectivity index is 1.28. The SMILES string of the molecule is COc1cccc(/C(C)=N\Nc2nc(SCC(=O)Nc3ccccc3SCc3ccc(F)cc3)n[nH]2)c1. The van der Waals surface area contributed by atoms with Gasteiger partial charge >= 0.3 is 0 Å². The molecule has 0 aliphatic rings. The second-order valence-electron chi connectivity index (χ2n) is 7.76. The lowest BCUT2D eigenvalue weighted by Crippen LogP contribution is -2.14. The van der Waals surface area contributed by atoms with Crippen molar-refractivity contribution in [2.45, 2.75) is 22.7 Å². The minimum atomic E-state index is -0.260. The van der Waals surface area contributed by atoms with Crippen LogP contribution < -0.4 is 15.5 Å². The van der Waals surface area contributed by atoms with Gasteiger partial charge in [0.05, 0.1) is 24.3 Å². The summed E-state index contributed by atoms with van der Waals surface area (Å²) in [6.45, 7) is 1.87. The molecule has 0 radical (unpaired) electrons. The second-order valence-corrected chi connectivity index (χ2v) is 9.72. The molecule has 0 spiro atoms. The van der Waals surface area contributed by atoms with Gasteiger partial charge in [0, 0.05) is 16.2 Å². The fourth-order valence-corrected chi connectivity index (χ4v) is 4.73. The first-order valence-corrected chi connectivity index (χ1v) is 13.2. The normalized spacial score (nSPS) is 11.3. The summed E-state index contributed by atoms with van der Waals surface area (Å²) in [5.74, 6) is 1.48. The number of nitrogens with zero attached hydrogens (tertiary/aromatic N) is 3. The molecule has 0 aliphatic heterocycles. The van der Waals surface area contributed by atoms with E-state index in [9.17, 15) is 9.18 Å². The highest BCUT2D eigenvalue weighted by Gasteiger charge is 2.11. The summed E-state index contributed by atoms with van der Waals surface area (Å²) in [4.78, 5) is 17.8. The van der Waals surface area contributed by atoms with Crippen LogP contribution in [-0.2, 0) is 10.5 Å². The molecule has 0 bridgehead atoms. The van der Waals surface area contributed by atoms with Gasteiger partial charge in [-0.3, -0.25) is 4.79 Å². The first kappa shape index (κ1) is 26.2. The van der Waals surface area contributed by atoms with E-state index in [1.165, 1.54) is 23.9 Å². The molecule has 1 amide bonds. The minimum Gasteiger partial charge on any atom is -0.497 e. The number of carbonyl (C=O) groups excluding carboxylic acids is 1. The number of para-hydroxylation sites is 1. The number of methoxy groups -OCH3 is 1.